The summed E-state index contributed by atoms with van der Waals surface area (Å²) in [6.45, 7) is 7.43. The first kappa shape index (κ1) is 17.8. The van der Waals surface area contributed by atoms with Crippen molar-refractivity contribution in [2.45, 2.75) is 57.2 Å². The zero-order valence-corrected chi connectivity index (χ0v) is 14.7. The van der Waals surface area contributed by atoms with Gasteiger partial charge in [-0.15, -0.1) is 0 Å². The van der Waals surface area contributed by atoms with Gasteiger partial charge in [0.15, 0.2) is 0 Å². The van der Waals surface area contributed by atoms with Gasteiger partial charge in [-0.25, -0.2) is 8.78 Å². The highest BCUT2D eigenvalue weighted by Gasteiger charge is 2.44. The van der Waals surface area contributed by atoms with E-state index in [0.29, 0.717) is 0 Å². The predicted octanol–water partition coefficient (Wildman–Crippen LogP) is 3.65. The van der Waals surface area contributed by atoms with E-state index in [1.54, 1.807) is 0 Å². The summed E-state index contributed by atoms with van der Waals surface area (Å²) in [4.78, 5) is 2.53. The first-order valence-electron chi connectivity index (χ1n) is 9.07. The van der Waals surface area contributed by atoms with Crippen molar-refractivity contribution < 1.29 is 13.5 Å². The van der Waals surface area contributed by atoms with Gasteiger partial charge in [0.2, 0.25) is 0 Å². The van der Waals surface area contributed by atoms with E-state index >= 15 is 0 Å². The highest BCUT2D eigenvalue weighted by molar-refractivity contribution is 5.23. The summed E-state index contributed by atoms with van der Waals surface area (Å²) < 4.78 is 33.6. The van der Waals surface area contributed by atoms with Crippen LogP contribution in [0.15, 0.2) is 18.2 Å². The van der Waals surface area contributed by atoms with Crippen molar-refractivity contribution >= 4 is 0 Å². The minimum atomic E-state index is -0.478. The molecule has 24 heavy (non-hydrogen) atoms. The third-order valence-corrected chi connectivity index (χ3v) is 5.85. The van der Waals surface area contributed by atoms with Crippen LogP contribution in [0.1, 0.15) is 51.1 Å². The first-order chi connectivity index (χ1) is 11.5. The van der Waals surface area contributed by atoms with Crippen molar-refractivity contribution in [3.63, 3.8) is 0 Å². The van der Waals surface area contributed by atoms with Gasteiger partial charge in [-0.3, -0.25) is 4.90 Å². The largest absolute Gasteiger partial charge is 0.379 e. The van der Waals surface area contributed by atoms with Crippen LogP contribution < -0.4 is 5.32 Å². The van der Waals surface area contributed by atoms with Crippen molar-refractivity contribution in [3.8, 4) is 0 Å². The van der Waals surface area contributed by atoms with Crippen molar-refractivity contribution in [3.05, 3.63) is 35.4 Å². The van der Waals surface area contributed by atoms with Gasteiger partial charge in [0.05, 0.1) is 13.2 Å². The monoisotopic (exact) mass is 338 g/mol. The Labute approximate surface area is 143 Å². The molecule has 1 saturated heterocycles. The lowest BCUT2D eigenvalue weighted by Gasteiger charge is -2.48. The molecule has 1 aromatic rings. The standard InChI is InChI=1S/C19H28F2N2O/c1-14(18-16(20)6-5-7-17(18)21)22-15(2)19(8-3-4-9-19)23-10-12-24-13-11-23/h5-7,14-15,22H,3-4,8-13H2,1-2H3/t14-,15+/m1/s1. The van der Waals surface area contributed by atoms with Crippen molar-refractivity contribution in [1.29, 1.82) is 0 Å². The SMILES string of the molecule is C[C@H](N[C@H](C)c1c(F)cccc1F)C1(N2CCOCC2)CCCC1. The van der Waals surface area contributed by atoms with E-state index in [2.05, 4.69) is 17.1 Å². The molecular formula is C19H28F2N2O. The molecular weight excluding hydrogens is 310 g/mol. The van der Waals surface area contributed by atoms with Crippen LogP contribution in [0.3, 0.4) is 0 Å². The lowest BCUT2D eigenvalue weighted by atomic mass is 9.85. The summed E-state index contributed by atoms with van der Waals surface area (Å²) >= 11 is 0. The molecule has 2 aliphatic rings. The highest BCUT2D eigenvalue weighted by atomic mass is 19.1. The quantitative estimate of drug-likeness (QED) is 0.887. The van der Waals surface area contributed by atoms with Gasteiger partial charge in [0.1, 0.15) is 11.6 Å². The summed E-state index contributed by atoms with van der Waals surface area (Å²) in [6, 6.07) is 3.87. The summed E-state index contributed by atoms with van der Waals surface area (Å²) in [5.74, 6) is -0.955. The summed E-state index contributed by atoms with van der Waals surface area (Å²) in [5, 5.41) is 3.50. The minimum Gasteiger partial charge on any atom is -0.379 e. The van der Waals surface area contributed by atoms with Crippen molar-refractivity contribution in [2.75, 3.05) is 26.3 Å². The number of nitrogens with zero attached hydrogens (tertiary/aromatic N) is 1. The summed E-state index contributed by atoms with van der Waals surface area (Å²) in [7, 11) is 0. The van der Waals surface area contributed by atoms with Crippen LogP contribution in [-0.4, -0.2) is 42.8 Å². The van der Waals surface area contributed by atoms with Gasteiger partial charge in [0, 0.05) is 36.3 Å². The van der Waals surface area contributed by atoms with Crippen LogP contribution in [0, 0.1) is 11.6 Å². The Morgan fingerprint density at radius 2 is 1.67 bits per heavy atom. The van der Waals surface area contributed by atoms with Gasteiger partial charge in [-0.05, 0) is 38.8 Å². The number of rotatable bonds is 5. The smallest absolute Gasteiger partial charge is 0.130 e. The Morgan fingerprint density at radius 3 is 2.25 bits per heavy atom. The molecule has 0 radical (unpaired) electrons. The summed E-state index contributed by atoms with van der Waals surface area (Å²) in [5.41, 5.74) is 0.208. The molecule has 3 rings (SSSR count). The second-order valence-corrected chi connectivity index (χ2v) is 7.16. The number of halogens is 2. The van der Waals surface area contributed by atoms with Crippen LogP contribution in [0.2, 0.25) is 0 Å². The predicted molar refractivity (Wildman–Crippen MR) is 91.0 cm³/mol. The maximum atomic E-state index is 14.1. The minimum absolute atomic E-state index is 0.0692. The number of benzene rings is 1. The van der Waals surface area contributed by atoms with Gasteiger partial charge < -0.3 is 10.1 Å². The third kappa shape index (κ3) is 3.35. The molecule has 0 bridgehead atoms. The van der Waals surface area contributed by atoms with E-state index in [9.17, 15) is 8.78 Å². The average Bonchev–Trinajstić information content (AvgIpc) is 3.06. The second-order valence-electron chi connectivity index (χ2n) is 7.16. The fourth-order valence-electron chi connectivity index (χ4n) is 4.56. The molecule has 134 valence electrons. The van der Waals surface area contributed by atoms with Gasteiger partial charge in [-0.2, -0.15) is 0 Å². The van der Waals surface area contributed by atoms with Crippen LogP contribution in [-0.2, 0) is 4.74 Å². The lowest BCUT2D eigenvalue weighted by molar-refractivity contribution is -0.0345. The van der Waals surface area contributed by atoms with Crippen molar-refractivity contribution in [1.82, 2.24) is 10.2 Å². The van der Waals surface area contributed by atoms with E-state index < -0.39 is 11.6 Å². The average molecular weight is 338 g/mol. The van der Waals surface area contributed by atoms with Crippen LogP contribution in [0.4, 0.5) is 8.78 Å². The Morgan fingerprint density at radius 1 is 1.08 bits per heavy atom. The molecule has 0 amide bonds. The van der Waals surface area contributed by atoms with Crippen LogP contribution in [0.5, 0.6) is 0 Å². The fourth-order valence-corrected chi connectivity index (χ4v) is 4.56. The number of ether oxygens (including phenoxy) is 1. The molecule has 3 nitrogen and oxygen atoms in total. The molecule has 1 saturated carbocycles. The molecule has 0 unspecified atom stereocenters. The Balaban J connectivity index is 1.77. The topological polar surface area (TPSA) is 24.5 Å². The molecule has 2 fully saturated rings. The molecule has 1 aliphatic carbocycles. The zero-order valence-electron chi connectivity index (χ0n) is 14.7. The summed E-state index contributed by atoms with van der Waals surface area (Å²) in [6.07, 6.45) is 4.69. The first-order valence-corrected chi connectivity index (χ1v) is 9.07. The van der Waals surface area contributed by atoms with E-state index in [4.69, 9.17) is 4.74 Å². The van der Waals surface area contributed by atoms with Crippen LogP contribution in [0.25, 0.3) is 0 Å². The van der Waals surface area contributed by atoms with E-state index in [1.165, 1.54) is 31.0 Å². The maximum absolute atomic E-state index is 14.1. The molecule has 0 spiro atoms. The highest BCUT2D eigenvalue weighted by Crippen LogP contribution is 2.39. The normalized spacial score (nSPS) is 24.0. The number of nitrogens with one attached hydrogen (secondary N) is 1. The Hall–Kier alpha value is -1.04. The van der Waals surface area contributed by atoms with E-state index in [-0.39, 0.29) is 23.2 Å². The van der Waals surface area contributed by atoms with Crippen molar-refractivity contribution in [2.24, 2.45) is 0 Å². The molecule has 2 atom stereocenters. The van der Waals surface area contributed by atoms with E-state index in [1.807, 2.05) is 6.92 Å². The van der Waals surface area contributed by atoms with Gasteiger partial charge in [-0.1, -0.05) is 18.9 Å². The number of hydrogen-bond donors (Lipinski definition) is 1. The van der Waals surface area contributed by atoms with Crippen LogP contribution >= 0.6 is 0 Å². The lowest BCUT2D eigenvalue weighted by Crippen LogP contribution is -2.61. The maximum Gasteiger partial charge on any atom is 0.130 e. The third-order valence-electron chi connectivity index (χ3n) is 5.85. The Bertz CT molecular complexity index is 534. The van der Waals surface area contributed by atoms with E-state index in [0.717, 1.165) is 39.1 Å². The fraction of sp³-hybridized carbons (Fsp3) is 0.684. The van der Waals surface area contributed by atoms with Gasteiger partial charge in [0.25, 0.3) is 0 Å². The van der Waals surface area contributed by atoms with Gasteiger partial charge >= 0.3 is 0 Å². The molecule has 1 aromatic carbocycles. The number of hydrogen-bond acceptors (Lipinski definition) is 3. The molecule has 1 heterocycles. The Kier molecular flexibility index (Phi) is 5.52. The number of morpholine rings is 1. The molecule has 1 N–H and O–H groups in total. The molecule has 5 heteroatoms. The second kappa shape index (κ2) is 7.46. The molecule has 0 aromatic heterocycles. The zero-order chi connectivity index (χ0) is 17.2. The molecule has 1 aliphatic heterocycles.